The van der Waals surface area contributed by atoms with Crippen molar-refractivity contribution in [2.75, 3.05) is 13.1 Å². The van der Waals surface area contributed by atoms with Crippen LogP contribution in [0.3, 0.4) is 0 Å². The Kier molecular flexibility index (Phi) is 7.43. The number of benzene rings is 3. The Morgan fingerprint density at radius 2 is 1.47 bits per heavy atom. The Balaban J connectivity index is 1.47. The van der Waals surface area contributed by atoms with E-state index in [0.29, 0.717) is 32.5 Å². The number of nitrogens with one attached hydrogen (secondary N) is 1. The number of carbonyl (C=O) groups excluding carboxylic acids is 2. The summed E-state index contributed by atoms with van der Waals surface area (Å²) >= 11 is 0. The minimum absolute atomic E-state index is 0.120. The second-order valence-electron chi connectivity index (χ2n) is 10.3. The van der Waals surface area contributed by atoms with Crippen molar-refractivity contribution in [3.05, 3.63) is 95.8 Å². The standard InChI is InChI=1S/C30H33FN2O3/c1-29(2,3)36-28(35)33-19-17-30(18-20-33,25-13-15-26(31)16-14-25)27(34)32-21-22-9-11-24(12-10-22)23-7-5-4-6-8-23/h4-16H,17-21H2,1-3H3,(H,32,34). The zero-order valence-corrected chi connectivity index (χ0v) is 21.1. The molecule has 0 unspecified atom stereocenters. The number of piperidine rings is 1. The summed E-state index contributed by atoms with van der Waals surface area (Å²) in [6.45, 7) is 6.63. The van der Waals surface area contributed by atoms with Crippen LogP contribution in [-0.2, 0) is 21.5 Å². The summed E-state index contributed by atoms with van der Waals surface area (Å²) in [5.41, 5.74) is 2.56. The van der Waals surface area contributed by atoms with Gasteiger partial charge in [-0.3, -0.25) is 4.79 Å². The van der Waals surface area contributed by atoms with Crippen molar-refractivity contribution in [1.82, 2.24) is 10.2 Å². The number of likely N-dealkylation sites (tertiary alicyclic amines) is 1. The molecule has 1 aliphatic heterocycles. The molecular weight excluding hydrogens is 455 g/mol. The maximum absolute atomic E-state index is 13.7. The number of ether oxygens (including phenoxy) is 1. The van der Waals surface area contributed by atoms with Crippen molar-refractivity contribution < 1.29 is 18.7 Å². The number of carbonyl (C=O) groups is 2. The Bertz CT molecular complexity index is 1180. The highest BCUT2D eigenvalue weighted by Crippen LogP contribution is 2.36. The van der Waals surface area contributed by atoms with Crippen LogP contribution in [0.5, 0.6) is 0 Å². The molecule has 0 radical (unpaired) electrons. The fourth-order valence-corrected chi connectivity index (χ4v) is 4.61. The second-order valence-corrected chi connectivity index (χ2v) is 10.3. The van der Waals surface area contributed by atoms with E-state index >= 15 is 0 Å². The maximum atomic E-state index is 13.7. The van der Waals surface area contributed by atoms with Gasteiger partial charge in [-0.1, -0.05) is 66.7 Å². The summed E-state index contributed by atoms with van der Waals surface area (Å²) in [7, 11) is 0. The summed E-state index contributed by atoms with van der Waals surface area (Å²) in [5.74, 6) is -0.468. The summed E-state index contributed by atoms with van der Waals surface area (Å²) in [4.78, 5) is 27.8. The van der Waals surface area contributed by atoms with Crippen molar-refractivity contribution in [2.45, 2.75) is 51.2 Å². The van der Waals surface area contributed by atoms with E-state index in [1.807, 2.05) is 63.2 Å². The third kappa shape index (κ3) is 5.93. The number of hydrogen-bond acceptors (Lipinski definition) is 3. The monoisotopic (exact) mass is 488 g/mol. The predicted molar refractivity (Wildman–Crippen MR) is 139 cm³/mol. The highest BCUT2D eigenvalue weighted by Gasteiger charge is 2.44. The van der Waals surface area contributed by atoms with E-state index in [2.05, 4.69) is 17.4 Å². The molecule has 1 fully saturated rings. The molecular formula is C30H33FN2O3. The number of nitrogens with zero attached hydrogens (tertiary/aromatic N) is 1. The van der Waals surface area contributed by atoms with Crippen LogP contribution in [0.1, 0.15) is 44.7 Å². The first kappa shape index (κ1) is 25.4. The van der Waals surface area contributed by atoms with E-state index in [9.17, 15) is 14.0 Å². The van der Waals surface area contributed by atoms with Crippen LogP contribution < -0.4 is 5.32 Å². The molecule has 5 nitrogen and oxygen atoms in total. The van der Waals surface area contributed by atoms with Crippen molar-refractivity contribution in [3.8, 4) is 11.1 Å². The maximum Gasteiger partial charge on any atom is 0.410 e. The van der Waals surface area contributed by atoms with Gasteiger partial charge in [0.15, 0.2) is 0 Å². The zero-order valence-electron chi connectivity index (χ0n) is 21.1. The van der Waals surface area contributed by atoms with Gasteiger partial charge in [-0.2, -0.15) is 0 Å². The number of rotatable bonds is 5. The molecule has 1 N–H and O–H groups in total. The van der Waals surface area contributed by atoms with Gasteiger partial charge in [-0.15, -0.1) is 0 Å². The molecule has 3 aromatic rings. The molecule has 0 bridgehead atoms. The lowest BCUT2D eigenvalue weighted by Crippen LogP contribution is -2.53. The van der Waals surface area contributed by atoms with Gasteiger partial charge in [0.25, 0.3) is 0 Å². The number of amides is 2. The topological polar surface area (TPSA) is 58.6 Å². The first-order chi connectivity index (χ1) is 17.2. The third-order valence-corrected chi connectivity index (χ3v) is 6.61. The van der Waals surface area contributed by atoms with Crippen LogP contribution in [0.2, 0.25) is 0 Å². The molecule has 188 valence electrons. The fraction of sp³-hybridized carbons (Fsp3) is 0.333. The van der Waals surface area contributed by atoms with Crippen molar-refractivity contribution in [2.24, 2.45) is 0 Å². The van der Waals surface area contributed by atoms with Crippen molar-refractivity contribution in [3.63, 3.8) is 0 Å². The van der Waals surface area contributed by atoms with Crippen LogP contribution in [0.15, 0.2) is 78.9 Å². The molecule has 4 rings (SSSR count). The summed E-state index contributed by atoms with van der Waals surface area (Å²) in [6, 6.07) is 24.4. The Hall–Kier alpha value is -3.67. The predicted octanol–water partition coefficient (Wildman–Crippen LogP) is 6.08. The summed E-state index contributed by atoms with van der Waals surface area (Å²) in [6.07, 6.45) is 0.474. The average molecular weight is 489 g/mol. The van der Waals surface area contributed by atoms with Crippen LogP contribution in [-0.4, -0.2) is 35.6 Å². The van der Waals surface area contributed by atoms with Gasteiger partial charge in [0.1, 0.15) is 11.4 Å². The smallest absolute Gasteiger partial charge is 0.410 e. The largest absolute Gasteiger partial charge is 0.444 e. The molecule has 3 aromatic carbocycles. The molecule has 1 heterocycles. The van der Waals surface area contributed by atoms with E-state index < -0.39 is 11.0 Å². The lowest BCUT2D eigenvalue weighted by atomic mass is 9.72. The zero-order chi connectivity index (χ0) is 25.8. The van der Waals surface area contributed by atoms with Crippen LogP contribution in [0.25, 0.3) is 11.1 Å². The number of halogens is 1. The van der Waals surface area contributed by atoms with Gasteiger partial charge >= 0.3 is 6.09 Å². The number of hydrogen-bond donors (Lipinski definition) is 1. The molecule has 0 aliphatic carbocycles. The minimum atomic E-state index is -0.851. The summed E-state index contributed by atoms with van der Waals surface area (Å²) in [5, 5.41) is 3.10. The van der Waals surface area contributed by atoms with Crippen molar-refractivity contribution >= 4 is 12.0 Å². The molecule has 2 amide bonds. The first-order valence-electron chi connectivity index (χ1n) is 12.3. The van der Waals surface area contributed by atoms with Gasteiger partial charge < -0.3 is 15.0 Å². The van der Waals surface area contributed by atoms with Gasteiger partial charge in [0.05, 0.1) is 5.41 Å². The second kappa shape index (κ2) is 10.5. The Morgan fingerprint density at radius 1 is 0.889 bits per heavy atom. The molecule has 0 spiro atoms. The average Bonchev–Trinajstić information content (AvgIpc) is 2.87. The van der Waals surface area contributed by atoms with Gasteiger partial charge in [-0.05, 0) is 68.0 Å². The van der Waals surface area contributed by atoms with Crippen LogP contribution >= 0.6 is 0 Å². The molecule has 0 atom stereocenters. The molecule has 36 heavy (non-hydrogen) atoms. The SMILES string of the molecule is CC(C)(C)OC(=O)N1CCC(C(=O)NCc2ccc(-c3ccccc3)cc2)(c2ccc(F)cc2)CC1. The molecule has 0 saturated carbocycles. The molecule has 6 heteroatoms. The Labute approximate surface area is 212 Å². The van der Waals surface area contributed by atoms with Crippen LogP contribution in [0.4, 0.5) is 9.18 Å². The lowest BCUT2D eigenvalue weighted by molar-refractivity contribution is -0.129. The Morgan fingerprint density at radius 3 is 2.06 bits per heavy atom. The highest BCUT2D eigenvalue weighted by molar-refractivity contribution is 5.88. The van der Waals surface area contributed by atoms with Crippen molar-refractivity contribution in [1.29, 1.82) is 0 Å². The molecule has 1 aliphatic rings. The summed E-state index contributed by atoms with van der Waals surface area (Å²) < 4.78 is 19.2. The normalized spacial score (nSPS) is 15.3. The minimum Gasteiger partial charge on any atom is -0.444 e. The third-order valence-electron chi connectivity index (χ3n) is 6.61. The molecule has 1 saturated heterocycles. The van der Waals surface area contributed by atoms with Crippen LogP contribution in [0, 0.1) is 5.82 Å². The van der Waals surface area contributed by atoms with E-state index in [0.717, 1.165) is 22.3 Å². The quantitative estimate of drug-likeness (QED) is 0.474. The van der Waals surface area contributed by atoms with E-state index in [1.165, 1.54) is 12.1 Å². The first-order valence-corrected chi connectivity index (χ1v) is 12.3. The van der Waals surface area contributed by atoms with E-state index in [-0.39, 0.29) is 17.8 Å². The van der Waals surface area contributed by atoms with E-state index in [1.54, 1.807) is 17.0 Å². The molecule has 0 aromatic heterocycles. The highest BCUT2D eigenvalue weighted by atomic mass is 19.1. The van der Waals surface area contributed by atoms with Gasteiger partial charge in [0, 0.05) is 19.6 Å². The lowest BCUT2D eigenvalue weighted by Gasteiger charge is -2.41. The van der Waals surface area contributed by atoms with E-state index in [4.69, 9.17) is 4.74 Å². The van der Waals surface area contributed by atoms with Gasteiger partial charge in [0.2, 0.25) is 5.91 Å². The van der Waals surface area contributed by atoms with Gasteiger partial charge in [-0.25, -0.2) is 9.18 Å². The fourth-order valence-electron chi connectivity index (χ4n) is 4.61.